The SMILES string of the molecule is CCCCCCCC(=O)NC1=C[C@@H]([C@H]2COC(C)(C)O2)OC1O. The first-order valence-electron chi connectivity index (χ1n) is 8.58. The number of aliphatic hydroxyl groups is 1. The van der Waals surface area contributed by atoms with Crippen molar-refractivity contribution in [3.05, 3.63) is 11.8 Å². The number of carbonyl (C=O) groups excluding carboxylic acids is 1. The van der Waals surface area contributed by atoms with E-state index in [1.807, 2.05) is 13.8 Å². The van der Waals surface area contributed by atoms with Crippen molar-refractivity contribution in [3.63, 3.8) is 0 Å². The maximum atomic E-state index is 11.9. The minimum atomic E-state index is -1.11. The van der Waals surface area contributed by atoms with Gasteiger partial charge in [0.15, 0.2) is 12.1 Å². The molecule has 23 heavy (non-hydrogen) atoms. The summed E-state index contributed by atoms with van der Waals surface area (Å²) in [4.78, 5) is 11.9. The number of nitrogens with one attached hydrogen (secondary N) is 1. The molecule has 2 aliphatic rings. The Morgan fingerprint density at radius 3 is 2.74 bits per heavy atom. The fourth-order valence-corrected chi connectivity index (χ4v) is 2.81. The molecule has 6 nitrogen and oxygen atoms in total. The highest BCUT2D eigenvalue weighted by Gasteiger charge is 2.41. The van der Waals surface area contributed by atoms with Crippen LogP contribution in [0.25, 0.3) is 0 Å². The molecule has 132 valence electrons. The summed E-state index contributed by atoms with van der Waals surface area (Å²) in [5.41, 5.74) is 0.405. The molecule has 2 aliphatic heterocycles. The topological polar surface area (TPSA) is 77.0 Å². The van der Waals surface area contributed by atoms with Gasteiger partial charge in [-0.2, -0.15) is 0 Å². The van der Waals surface area contributed by atoms with Crippen molar-refractivity contribution in [2.75, 3.05) is 6.61 Å². The molecule has 0 bridgehead atoms. The lowest BCUT2D eigenvalue weighted by Gasteiger charge is -2.20. The zero-order valence-corrected chi connectivity index (χ0v) is 14.3. The van der Waals surface area contributed by atoms with E-state index in [9.17, 15) is 9.90 Å². The maximum absolute atomic E-state index is 11.9. The lowest BCUT2D eigenvalue weighted by Crippen LogP contribution is -2.31. The van der Waals surface area contributed by atoms with E-state index < -0.39 is 18.2 Å². The largest absolute Gasteiger partial charge is 0.363 e. The molecular formula is C17H29NO5. The molecule has 0 aromatic carbocycles. The normalized spacial score (nSPS) is 29.6. The van der Waals surface area contributed by atoms with Crippen LogP contribution in [0.3, 0.4) is 0 Å². The Kier molecular flexibility index (Phi) is 6.59. The fourth-order valence-electron chi connectivity index (χ4n) is 2.81. The van der Waals surface area contributed by atoms with E-state index in [2.05, 4.69) is 12.2 Å². The van der Waals surface area contributed by atoms with Crippen LogP contribution in [-0.4, -0.2) is 41.9 Å². The molecular weight excluding hydrogens is 298 g/mol. The summed E-state index contributed by atoms with van der Waals surface area (Å²) in [5, 5.41) is 12.7. The van der Waals surface area contributed by atoms with Gasteiger partial charge in [0.2, 0.25) is 5.91 Å². The van der Waals surface area contributed by atoms with Gasteiger partial charge >= 0.3 is 0 Å². The molecule has 0 aliphatic carbocycles. The monoisotopic (exact) mass is 327 g/mol. The lowest BCUT2D eigenvalue weighted by molar-refractivity contribution is -0.165. The smallest absolute Gasteiger partial charge is 0.224 e. The number of hydrogen-bond acceptors (Lipinski definition) is 5. The first-order chi connectivity index (χ1) is 10.9. The van der Waals surface area contributed by atoms with Crippen LogP contribution in [0.4, 0.5) is 0 Å². The highest BCUT2D eigenvalue weighted by atomic mass is 16.8. The van der Waals surface area contributed by atoms with Crippen LogP contribution in [0.15, 0.2) is 11.8 Å². The molecule has 0 aromatic heterocycles. The van der Waals surface area contributed by atoms with E-state index in [1.165, 1.54) is 12.8 Å². The van der Waals surface area contributed by atoms with Crippen molar-refractivity contribution in [2.45, 2.75) is 83.6 Å². The third-order valence-electron chi connectivity index (χ3n) is 4.08. The Morgan fingerprint density at radius 1 is 1.35 bits per heavy atom. The highest BCUT2D eigenvalue weighted by molar-refractivity contribution is 5.77. The summed E-state index contributed by atoms with van der Waals surface area (Å²) < 4.78 is 16.7. The molecule has 2 N–H and O–H groups in total. The summed E-state index contributed by atoms with van der Waals surface area (Å²) in [6.07, 6.45) is 5.87. The maximum Gasteiger partial charge on any atom is 0.224 e. The first kappa shape index (κ1) is 18.4. The van der Waals surface area contributed by atoms with Crippen LogP contribution in [0.2, 0.25) is 0 Å². The van der Waals surface area contributed by atoms with E-state index in [4.69, 9.17) is 14.2 Å². The van der Waals surface area contributed by atoms with E-state index in [0.717, 1.165) is 19.3 Å². The minimum absolute atomic E-state index is 0.0834. The average molecular weight is 327 g/mol. The summed E-state index contributed by atoms with van der Waals surface area (Å²) in [5.74, 6) is -0.725. The van der Waals surface area contributed by atoms with Gasteiger partial charge in [-0.25, -0.2) is 0 Å². The molecule has 6 heteroatoms. The molecule has 2 heterocycles. The van der Waals surface area contributed by atoms with Gasteiger partial charge in [0.1, 0.15) is 12.2 Å². The Balaban J connectivity index is 1.76. The van der Waals surface area contributed by atoms with Crippen molar-refractivity contribution in [3.8, 4) is 0 Å². The van der Waals surface area contributed by atoms with Crippen LogP contribution in [0.1, 0.15) is 59.3 Å². The van der Waals surface area contributed by atoms with Crippen molar-refractivity contribution in [1.29, 1.82) is 0 Å². The zero-order valence-electron chi connectivity index (χ0n) is 14.3. The van der Waals surface area contributed by atoms with E-state index in [1.54, 1.807) is 6.08 Å². The van der Waals surface area contributed by atoms with E-state index in [0.29, 0.717) is 18.7 Å². The zero-order chi connectivity index (χ0) is 16.9. The molecule has 1 unspecified atom stereocenters. The predicted octanol–water partition coefficient (Wildman–Crippen LogP) is 2.22. The van der Waals surface area contributed by atoms with E-state index >= 15 is 0 Å². The van der Waals surface area contributed by atoms with Crippen LogP contribution < -0.4 is 5.32 Å². The second-order valence-electron chi connectivity index (χ2n) is 6.65. The molecule has 1 fully saturated rings. The molecule has 1 saturated heterocycles. The van der Waals surface area contributed by atoms with Crippen LogP contribution >= 0.6 is 0 Å². The van der Waals surface area contributed by atoms with Crippen molar-refractivity contribution in [2.24, 2.45) is 0 Å². The van der Waals surface area contributed by atoms with Crippen molar-refractivity contribution in [1.82, 2.24) is 5.32 Å². The minimum Gasteiger partial charge on any atom is -0.363 e. The number of carbonyl (C=O) groups is 1. The third-order valence-corrected chi connectivity index (χ3v) is 4.08. The number of ether oxygens (including phenoxy) is 3. The van der Waals surface area contributed by atoms with Gasteiger partial charge in [0.05, 0.1) is 12.3 Å². The summed E-state index contributed by atoms with van der Waals surface area (Å²) in [7, 11) is 0. The van der Waals surface area contributed by atoms with Gasteiger partial charge in [-0.1, -0.05) is 32.6 Å². The van der Waals surface area contributed by atoms with Crippen LogP contribution in [0.5, 0.6) is 0 Å². The Hall–Kier alpha value is -0.950. The second kappa shape index (κ2) is 8.24. The summed E-state index contributed by atoms with van der Waals surface area (Å²) in [6, 6.07) is 0. The Labute approximate surface area is 138 Å². The second-order valence-corrected chi connectivity index (χ2v) is 6.65. The van der Waals surface area contributed by atoms with Crippen LogP contribution in [0, 0.1) is 0 Å². The Morgan fingerprint density at radius 2 is 2.09 bits per heavy atom. The number of hydrogen-bond donors (Lipinski definition) is 2. The molecule has 2 rings (SSSR count). The molecule has 0 spiro atoms. The number of rotatable bonds is 8. The lowest BCUT2D eigenvalue weighted by atomic mass is 10.1. The molecule has 0 aromatic rings. The standard InChI is InChI=1S/C17H29NO5/c1-4-5-6-7-8-9-15(19)18-12-10-13(22-16(12)20)14-11-21-17(2,3)23-14/h10,13-14,16,20H,4-9,11H2,1-3H3,(H,18,19)/t13-,14+,16?/m0/s1. The summed E-state index contributed by atoms with van der Waals surface area (Å²) in [6.45, 7) is 6.24. The van der Waals surface area contributed by atoms with Gasteiger partial charge in [-0.3, -0.25) is 4.79 Å². The predicted molar refractivity (Wildman–Crippen MR) is 85.4 cm³/mol. The third kappa shape index (κ3) is 5.57. The molecule has 1 amide bonds. The Bertz CT molecular complexity index is 435. The quantitative estimate of drug-likeness (QED) is 0.669. The fraction of sp³-hybridized carbons (Fsp3) is 0.824. The van der Waals surface area contributed by atoms with Crippen molar-refractivity contribution >= 4 is 5.91 Å². The van der Waals surface area contributed by atoms with E-state index in [-0.39, 0.29) is 12.0 Å². The molecule has 0 saturated carbocycles. The first-order valence-corrected chi connectivity index (χ1v) is 8.58. The summed E-state index contributed by atoms with van der Waals surface area (Å²) >= 11 is 0. The molecule has 3 atom stereocenters. The van der Waals surface area contributed by atoms with Gasteiger partial charge in [-0.05, 0) is 26.3 Å². The van der Waals surface area contributed by atoms with Gasteiger partial charge < -0.3 is 24.6 Å². The molecule has 0 radical (unpaired) electrons. The van der Waals surface area contributed by atoms with Crippen LogP contribution in [-0.2, 0) is 19.0 Å². The number of aliphatic hydroxyl groups excluding tert-OH is 1. The number of amides is 1. The number of unbranched alkanes of at least 4 members (excludes halogenated alkanes) is 4. The van der Waals surface area contributed by atoms with Gasteiger partial charge in [-0.15, -0.1) is 0 Å². The highest BCUT2D eigenvalue weighted by Crippen LogP contribution is 2.29. The van der Waals surface area contributed by atoms with Gasteiger partial charge in [0, 0.05) is 6.42 Å². The average Bonchev–Trinajstić information content (AvgIpc) is 3.02. The van der Waals surface area contributed by atoms with Gasteiger partial charge in [0.25, 0.3) is 0 Å². The van der Waals surface area contributed by atoms with Crippen molar-refractivity contribution < 1.29 is 24.1 Å².